The van der Waals surface area contributed by atoms with Crippen molar-refractivity contribution in [2.24, 2.45) is 0 Å². The van der Waals surface area contributed by atoms with Crippen LogP contribution in [0.5, 0.6) is 17.2 Å². The second kappa shape index (κ2) is 10.6. The molecule has 1 aliphatic heterocycles. The molecule has 1 fully saturated rings. The van der Waals surface area contributed by atoms with Gasteiger partial charge < -0.3 is 19.7 Å². The lowest BCUT2D eigenvalue weighted by Gasteiger charge is -2.26. The Balaban J connectivity index is 1.94. The third-order valence-electron chi connectivity index (χ3n) is 6.93. The van der Waals surface area contributed by atoms with Crippen LogP contribution in [0.2, 0.25) is 0 Å². The van der Waals surface area contributed by atoms with E-state index in [9.17, 15) is 19.8 Å². The van der Waals surface area contributed by atoms with Crippen molar-refractivity contribution in [2.75, 3.05) is 19.1 Å². The van der Waals surface area contributed by atoms with Gasteiger partial charge in [0.05, 0.1) is 25.8 Å². The van der Waals surface area contributed by atoms with E-state index in [1.165, 1.54) is 18.1 Å². The van der Waals surface area contributed by atoms with Crippen LogP contribution in [-0.4, -0.2) is 36.1 Å². The summed E-state index contributed by atoms with van der Waals surface area (Å²) in [6.07, 6.45) is 0. The fourth-order valence-corrected chi connectivity index (χ4v) is 4.80. The molecule has 2 N–H and O–H groups in total. The number of phenols is 1. The Hall–Kier alpha value is -4.26. The number of nitrogens with zero attached hydrogens (tertiary/aromatic N) is 1. The van der Waals surface area contributed by atoms with Crippen LogP contribution in [0, 0.1) is 0 Å². The molecule has 0 aromatic heterocycles. The molecule has 38 heavy (non-hydrogen) atoms. The van der Waals surface area contributed by atoms with Crippen LogP contribution in [0.25, 0.3) is 5.76 Å². The average molecular weight is 516 g/mol. The fourth-order valence-electron chi connectivity index (χ4n) is 4.80. The number of hydrogen-bond acceptors (Lipinski definition) is 6. The fraction of sp³-hybridized carbons (Fsp3) is 0.290. The zero-order valence-corrected chi connectivity index (χ0v) is 22.5. The molecule has 0 radical (unpaired) electrons. The van der Waals surface area contributed by atoms with Gasteiger partial charge in [0.1, 0.15) is 11.5 Å². The van der Waals surface area contributed by atoms with Crippen LogP contribution in [0.1, 0.15) is 67.8 Å². The third kappa shape index (κ3) is 4.72. The van der Waals surface area contributed by atoms with Gasteiger partial charge in [0.15, 0.2) is 11.5 Å². The number of rotatable bonds is 7. The van der Waals surface area contributed by atoms with Crippen LogP contribution in [-0.2, 0) is 9.59 Å². The van der Waals surface area contributed by atoms with Crippen molar-refractivity contribution in [3.05, 3.63) is 88.5 Å². The molecule has 0 saturated carbocycles. The van der Waals surface area contributed by atoms with Gasteiger partial charge in [0.2, 0.25) is 0 Å². The zero-order chi connectivity index (χ0) is 27.7. The number of benzene rings is 3. The van der Waals surface area contributed by atoms with E-state index in [0.29, 0.717) is 28.5 Å². The number of amides is 1. The van der Waals surface area contributed by atoms with Crippen LogP contribution < -0.4 is 14.4 Å². The summed E-state index contributed by atoms with van der Waals surface area (Å²) in [5, 5.41) is 22.0. The number of aliphatic hydroxyl groups excluding tert-OH is 1. The monoisotopic (exact) mass is 515 g/mol. The van der Waals surface area contributed by atoms with E-state index >= 15 is 0 Å². The molecule has 1 atom stereocenters. The second-order valence-corrected chi connectivity index (χ2v) is 9.96. The number of aliphatic hydroxyl groups is 1. The predicted octanol–water partition coefficient (Wildman–Crippen LogP) is 6.28. The lowest BCUT2D eigenvalue weighted by molar-refractivity contribution is -0.132. The number of phenolic OH excluding ortho intramolecular Hbond substituents is 1. The molecule has 0 aliphatic carbocycles. The van der Waals surface area contributed by atoms with Crippen molar-refractivity contribution in [3.63, 3.8) is 0 Å². The minimum absolute atomic E-state index is 0.0626. The Morgan fingerprint density at radius 1 is 0.842 bits per heavy atom. The van der Waals surface area contributed by atoms with E-state index < -0.39 is 17.7 Å². The van der Waals surface area contributed by atoms with Crippen molar-refractivity contribution in [1.29, 1.82) is 0 Å². The van der Waals surface area contributed by atoms with Crippen LogP contribution in [0.15, 0.2) is 66.2 Å². The van der Waals surface area contributed by atoms with E-state index in [4.69, 9.17) is 9.47 Å². The number of carbonyl (C=O) groups is 2. The number of methoxy groups -OCH3 is 2. The van der Waals surface area contributed by atoms with E-state index in [2.05, 4.69) is 13.8 Å². The van der Waals surface area contributed by atoms with Gasteiger partial charge >= 0.3 is 0 Å². The molecular weight excluding hydrogens is 482 g/mol. The first kappa shape index (κ1) is 26.8. The molecule has 4 rings (SSSR count). The largest absolute Gasteiger partial charge is 0.507 e. The van der Waals surface area contributed by atoms with E-state index in [1.54, 1.807) is 49.6 Å². The molecule has 1 amide bonds. The number of ether oxygens (including phenoxy) is 2. The standard InChI is InChI=1S/C31H33NO6/c1-17(2)19-7-11-22(12-8-19)32-28(20-9-14-26(38-6)24(33)16-20)27(30(35)31(32)36)29(34)21-10-13-25(37-5)23(15-21)18(3)4/h7-18,28,33-34H,1-6H3/b29-27-. The van der Waals surface area contributed by atoms with Gasteiger partial charge in [-0.15, -0.1) is 0 Å². The maximum absolute atomic E-state index is 13.5. The van der Waals surface area contributed by atoms with Crippen LogP contribution >= 0.6 is 0 Å². The van der Waals surface area contributed by atoms with E-state index in [0.717, 1.165) is 11.1 Å². The third-order valence-corrected chi connectivity index (χ3v) is 6.93. The van der Waals surface area contributed by atoms with Gasteiger partial charge in [0, 0.05) is 11.3 Å². The quantitative estimate of drug-likeness (QED) is 0.218. The van der Waals surface area contributed by atoms with Gasteiger partial charge in [-0.05, 0) is 71.0 Å². The summed E-state index contributed by atoms with van der Waals surface area (Å²) in [7, 11) is 3.01. The SMILES string of the molecule is COc1ccc(C2/C(=C(/O)c3ccc(OC)c(C(C)C)c3)C(=O)C(=O)N2c2ccc(C(C)C)cc2)cc1O. The van der Waals surface area contributed by atoms with Gasteiger partial charge in [0.25, 0.3) is 11.7 Å². The highest BCUT2D eigenvalue weighted by Gasteiger charge is 2.47. The molecule has 7 heteroatoms. The summed E-state index contributed by atoms with van der Waals surface area (Å²) >= 11 is 0. The van der Waals surface area contributed by atoms with Gasteiger partial charge in [-0.3, -0.25) is 14.5 Å². The molecule has 1 heterocycles. The summed E-state index contributed by atoms with van der Waals surface area (Å²) in [6.45, 7) is 8.15. The number of ketones is 1. The minimum Gasteiger partial charge on any atom is -0.507 e. The molecule has 7 nitrogen and oxygen atoms in total. The van der Waals surface area contributed by atoms with Crippen LogP contribution in [0.3, 0.4) is 0 Å². The Morgan fingerprint density at radius 2 is 1.47 bits per heavy atom. The lowest BCUT2D eigenvalue weighted by Crippen LogP contribution is -2.29. The van der Waals surface area contributed by atoms with Crippen molar-refractivity contribution in [3.8, 4) is 17.2 Å². The topological polar surface area (TPSA) is 96.3 Å². The highest BCUT2D eigenvalue weighted by Crippen LogP contribution is 2.44. The highest BCUT2D eigenvalue weighted by atomic mass is 16.5. The Kier molecular flexibility index (Phi) is 7.49. The zero-order valence-electron chi connectivity index (χ0n) is 22.5. The van der Waals surface area contributed by atoms with Gasteiger partial charge in [-0.25, -0.2) is 0 Å². The molecule has 3 aromatic carbocycles. The first-order valence-electron chi connectivity index (χ1n) is 12.5. The second-order valence-electron chi connectivity index (χ2n) is 9.96. The summed E-state index contributed by atoms with van der Waals surface area (Å²) in [4.78, 5) is 28.3. The summed E-state index contributed by atoms with van der Waals surface area (Å²) in [5.41, 5.74) is 3.23. The van der Waals surface area contributed by atoms with Crippen molar-refractivity contribution >= 4 is 23.1 Å². The summed E-state index contributed by atoms with van der Waals surface area (Å²) in [6, 6.07) is 16.3. The molecule has 1 saturated heterocycles. The number of anilines is 1. The smallest absolute Gasteiger partial charge is 0.300 e. The first-order chi connectivity index (χ1) is 18.1. The number of hydrogen-bond donors (Lipinski definition) is 2. The Bertz CT molecular complexity index is 1400. The van der Waals surface area contributed by atoms with Crippen LogP contribution in [0.4, 0.5) is 5.69 Å². The molecular formula is C31H33NO6. The Labute approximate surface area is 222 Å². The van der Waals surface area contributed by atoms with Crippen molar-refractivity contribution in [1.82, 2.24) is 0 Å². The predicted molar refractivity (Wildman–Crippen MR) is 147 cm³/mol. The molecule has 3 aromatic rings. The number of Topliss-reactive ketones (excluding diaryl/α,β-unsaturated/α-hetero) is 1. The molecule has 0 bridgehead atoms. The van der Waals surface area contributed by atoms with Crippen molar-refractivity contribution in [2.45, 2.75) is 45.6 Å². The average Bonchev–Trinajstić information content (AvgIpc) is 3.17. The van der Waals surface area contributed by atoms with E-state index in [1.807, 2.05) is 26.0 Å². The number of carbonyl (C=O) groups excluding carboxylic acids is 2. The molecule has 0 spiro atoms. The minimum atomic E-state index is -0.971. The Morgan fingerprint density at radius 3 is 2.03 bits per heavy atom. The molecule has 1 aliphatic rings. The lowest BCUT2D eigenvalue weighted by atomic mass is 9.92. The maximum Gasteiger partial charge on any atom is 0.300 e. The molecule has 198 valence electrons. The normalized spacial score (nSPS) is 16.9. The van der Waals surface area contributed by atoms with Gasteiger partial charge in [-0.1, -0.05) is 45.9 Å². The van der Waals surface area contributed by atoms with Gasteiger partial charge in [-0.2, -0.15) is 0 Å². The highest BCUT2D eigenvalue weighted by molar-refractivity contribution is 6.51. The summed E-state index contributed by atoms with van der Waals surface area (Å²) < 4.78 is 10.6. The maximum atomic E-state index is 13.5. The summed E-state index contributed by atoms with van der Waals surface area (Å²) in [5.74, 6) is -0.707. The first-order valence-corrected chi connectivity index (χ1v) is 12.5. The van der Waals surface area contributed by atoms with E-state index in [-0.39, 0.29) is 28.7 Å². The molecule has 1 unspecified atom stereocenters. The number of aromatic hydroxyl groups is 1. The van der Waals surface area contributed by atoms with Crippen molar-refractivity contribution < 1.29 is 29.3 Å².